The highest BCUT2D eigenvalue weighted by atomic mass is 32.2. The average Bonchev–Trinajstić information content (AvgIpc) is 2.07. The number of sulfone groups is 1. The van der Waals surface area contributed by atoms with Crippen molar-refractivity contribution in [2.45, 2.75) is 33.2 Å². The van der Waals surface area contributed by atoms with E-state index >= 15 is 0 Å². The van der Waals surface area contributed by atoms with Gasteiger partial charge in [-0.3, -0.25) is 0 Å². The van der Waals surface area contributed by atoms with Crippen LogP contribution in [0.15, 0.2) is 0 Å². The summed E-state index contributed by atoms with van der Waals surface area (Å²) < 4.78 is 27.4. The maximum Gasteiger partial charge on any atom is 0.148 e. The van der Waals surface area contributed by atoms with Gasteiger partial charge in [0, 0.05) is 25.5 Å². The first-order valence-electron chi connectivity index (χ1n) is 5.80. The fourth-order valence-corrected chi connectivity index (χ4v) is 2.38. The molecule has 0 saturated carbocycles. The molecular formula is C11H25NO3S. The van der Waals surface area contributed by atoms with Crippen LogP contribution in [0.3, 0.4) is 0 Å². The van der Waals surface area contributed by atoms with Crippen LogP contribution in [0.5, 0.6) is 0 Å². The Morgan fingerprint density at radius 2 is 1.88 bits per heavy atom. The minimum atomic E-state index is -2.88. The van der Waals surface area contributed by atoms with E-state index in [4.69, 9.17) is 4.74 Å². The lowest BCUT2D eigenvalue weighted by Gasteiger charge is -2.12. The molecule has 0 aliphatic rings. The van der Waals surface area contributed by atoms with Gasteiger partial charge in [-0.2, -0.15) is 0 Å². The summed E-state index contributed by atoms with van der Waals surface area (Å²) in [5, 5.41) is 3.17. The van der Waals surface area contributed by atoms with Crippen molar-refractivity contribution in [2.24, 2.45) is 5.92 Å². The highest BCUT2D eigenvalue weighted by Gasteiger charge is 2.08. The molecule has 0 heterocycles. The summed E-state index contributed by atoms with van der Waals surface area (Å²) in [6.45, 7) is 8.44. The molecule has 16 heavy (non-hydrogen) atoms. The molecule has 0 rings (SSSR count). The number of ether oxygens (including phenoxy) is 1. The Hall–Kier alpha value is -0.130. The first-order valence-corrected chi connectivity index (χ1v) is 7.86. The van der Waals surface area contributed by atoms with Gasteiger partial charge in [-0.1, -0.05) is 13.8 Å². The van der Waals surface area contributed by atoms with Crippen molar-refractivity contribution >= 4 is 9.84 Å². The molecule has 0 amide bonds. The van der Waals surface area contributed by atoms with E-state index in [-0.39, 0.29) is 11.8 Å². The highest BCUT2D eigenvalue weighted by Crippen LogP contribution is 1.94. The zero-order valence-corrected chi connectivity index (χ0v) is 11.6. The van der Waals surface area contributed by atoms with Gasteiger partial charge in [-0.15, -0.1) is 0 Å². The van der Waals surface area contributed by atoms with Crippen LogP contribution in [0, 0.1) is 5.92 Å². The zero-order chi connectivity index (χ0) is 12.6. The van der Waals surface area contributed by atoms with E-state index < -0.39 is 9.84 Å². The van der Waals surface area contributed by atoms with E-state index in [0.29, 0.717) is 5.92 Å². The number of hydrogen-bond donors (Lipinski definition) is 1. The Bertz CT molecular complexity index is 262. The van der Waals surface area contributed by atoms with Crippen molar-refractivity contribution in [1.29, 1.82) is 0 Å². The van der Waals surface area contributed by atoms with Crippen molar-refractivity contribution in [2.75, 3.05) is 31.8 Å². The second-order valence-electron chi connectivity index (χ2n) is 4.77. The summed E-state index contributed by atoms with van der Waals surface area (Å²) in [6, 6.07) is 0.0140. The van der Waals surface area contributed by atoms with Crippen LogP contribution in [0.4, 0.5) is 0 Å². The summed E-state index contributed by atoms with van der Waals surface area (Å²) in [4.78, 5) is 0. The van der Waals surface area contributed by atoms with Gasteiger partial charge in [0.2, 0.25) is 0 Å². The molecule has 0 aliphatic heterocycles. The second-order valence-corrected chi connectivity index (χ2v) is 6.95. The molecule has 0 fully saturated rings. The van der Waals surface area contributed by atoms with Crippen molar-refractivity contribution in [3.05, 3.63) is 0 Å². The van der Waals surface area contributed by atoms with Crippen molar-refractivity contribution in [3.63, 3.8) is 0 Å². The standard InChI is InChI=1S/C11H25NO3S/c1-10(2)8-15-7-5-6-12-11(3)9-16(4,13)14/h10-12H,5-9H2,1-4H3. The Kier molecular flexibility index (Phi) is 7.97. The van der Waals surface area contributed by atoms with Crippen LogP contribution in [0.1, 0.15) is 27.2 Å². The molecule has 0 spiro atoms. The molecule has 98 valence electrons. The predicted molar refractivity (Wildman–Crippen MR) is 67.4 cm³/mol. The molecule has 1 unspecified atom stereocenters. The van der Waals surface area contributed by atoms with Gasteiger partial charge in [0.1, 0.15) is 9.84 Å². The molecule has 0 aromatic rings. The largest absolute Gasteiger partial charge is 0.381 e. The Balaban J connectivity index is 3.38. The Morgan fingerprint density at radius 1 is 1.25 bits per heavy atom. The molecule has 0 aromatic heterocycles. The second kappa shape index (κ2) is 8.03. The molecule has 4 nitrogen and oxygen atoms in total. The van der Waals surface area contributed by atoms with Gasteiger partial charge in [0.15, 0.2) is 0 Å². The third-order valence-electron chi connectivity index (χ3n) is 1.96. The molecule has 0 bridgehead atoms. The van der Waals surface area contributed by atoms with Crippen LogP contribution >= 0.6 is 0 Å². The third-order valence-corrected chi connectivity index (χ3v) is 3.07. The third kappa shape index (κ3) is 11.9. The van der Waals surface area contributed by atoms with Crippen LogP contribution in [0.25, 0.3) is 0 Å². The van der Waals surface area contributed by atoms with Crippen molar-refractivity contribution in [1.82, 2.24) is 5.32 Å². The van der Waals surface area contributed by atoms with Crippen LogP contribution in [-0.4, -0.2) is 46.2 Å². The lowest BCUT2D eigenvalue weighted by Crippen LogP contribution is -2.33. The summed E-state index contributed by atoms with van der Waals surface area (Å²) in [6.07, 6.45) is 2.18. The van der Waals surface area contributed by atoms with Gasteiger partial charge in [0.25, 0.3) is 0 Å². The molecule has 5 heteroatoms. The van der Waals surface area contributed by atoms with E-state index in [1.807, 2.05) is 6.92 Å². The Morgan fingerprint density at radius 3 is 2.38 bits per heavy atom. The van der Waals surface area contributed by atoms with E-state index in [9.17, 15) is 8.42 Å². The monoisotopic (exact) mass is 251 g/mol. The summed E-state index contributed by atoms with van der Waals surface area (Å²) in [5.41, 5.74) is 0. The van der Waals surface area contributed by atoms with E-state index in [0.717, 1.165) is 26.2 Å². The first-order chi connectivity index (χ1) is 7.31. The van der Waals surface area contributed by atoms with Crippen LogP contribution in [0.2, 0.25) is 0 Å². The summed E-state index contributed by atoms with van der Waals surface area (Å²) in [5.74, 6) is 0.761. The van der Waals surface area contributed by atoms with Crippen molar-refractivity contribution < 1.29 is 13.2 Å². The molecule has 0 aliphatic carbocycles. The van der Waals surface area contributed by atoms with Gasteiger partial charge in [-0.25, -0.2) is 8.42 Å². The fourth-order valence-electron chi connectivity index (χ4n) is 1.35. The number of hydrogen-bond acceptors (Lipinski definition) is 4. The lowest BCUT2D eigenvalue weighted by atomic mass is 10.2. The smallest absolute Gasteiger partial charge is 0.148 e. The van der Waals surface area contributed by atoms with Gasteiger partial charge in [0.05, 0.1) is 5.75 Å². The molecular weight excluding hydrogens is 226 g/mol. The molecule has 0 saturated heterocycles. The van der Waals surface area contributed by atoms with Crippen LogP contribution < -0.4 is 5.32 Å². The molecule has 1 atom stereocenters. The summed E-state index contributed by atoms with van der Waals surface area (Å²) >= 11 is 0. The minimum Gasteiger partial charge on any atom is -0.381 e. The molecule has 1 N–H and O–H groups in total. The quantitative estimate of drug-likeness (QED) is 0.623. The fraction of sp³-hybridized carbons (Fsp3) is 1.00. The zero-order valence-electron chi connectivity index (χ0n) is 10.8. The van der Waals surface area contributed by atoms with E-state index in [1.54, 1.807) is 0 Å². The minimum absolute atomic E-state index is 0.0140. The highest BCUT2D eigenvalue weighted by molar-refractivity contribution is 7.90. The topological polar surface area (TPSA) is 55.4 Å². The normalized spacial score (nSPS) is 14.3. The first kappa shape index (κ1) is 15.9. The van der Waals surface area contributed by atoms with Crippen LogP contribution in [-0.2, 0) is 14.6 Å². The van der Waals surface area contributed by atoms with Gasteiger partial charge >= 0.3 is 0 Å². The van der Waals surface area contributed by atoms with Crippen molar-refractivity contribution in [3.8, 4) is 0 Å². The van der Waals surface area contributed by atoms with E-state index in [2.05, 4.69) is 19.2 Å². The lowest BCUT2D eigenvalue weighted by molar-refractivity contribution is 0.107. The Labute approximate surface area is 99.7 Å². The average molecular weight is 251 g/mol. The molecule has 0 radical (unpaired) electrons. The SMILES string of the molecule is CC(C)COCCCNC(C)CS(C)(=O)=O. The van der Waals surface area contributed by atoms with E-state index in [1.165, 1.54) is 6.26 Å². The maximum absolute atomic E-state index is 11.0. The number of rotatable bonds is 9. The van der Waals surface area contributed by atoms with Gasteiger partial charge in [-0.05, 0) is 25.8 Å². The van der Waals surface area contributed by atoms with Gasteiger partial charge < -0.3 is 10.1 Å². The number of nitrogens with one attached hydrogen (secondary N) is 1. The summed E-state index contributed by atoms with van der Waals surface area (Å²) in [7, 11) is -2.88. The predicted octanol–water partition coefficient (Wildman–Crippen LogP) is 1.07. The maximum atomic E-state index is 11.0. The molecule has 0 aromatic carbocycles.